The van der Waals surface area contributed by atoms with Crippen molar-refractivity contribution in [1.82, 2.24) is 4.98 Å². The number of hydrogen-bond donors (Lipinski definition) is 2. The Bertz CT molecular complexity index is 1030. The number of aliphatic hydroxyl groups excluding tert-OH is 1. The van der Waals surface area contributed by atoms with Crippen molar-refractivity contribution in [3.63, 3.8) is 0 Å². The third-order valence-corrected chi connectivity index (χ3v) is 4.07. The smallest absolute Gasteiger partial charge is 0.417 e. The summed E-state index contributed by atoms with van der Waals surface area (Å²) in [5.74, 6) is -1.10. The number of aromatic nitrogens is 1. The summed E-state index contributed by atoms with van der Waals surface area (Å²) in [5, 5.41) is 9.07. The Morgan fingerprint density at radius 1 is 1.24 bits per heavy atom. The van der Waals surface area contributed by atoms with Crippen LogP contribution in [0.15, 0.2) is 45.6 Å². The largest absolute Gasteiger partial charge is 0.441 e. The van der Waals surface area contributed by atoms with Crippen LogP contribution in [0.3, 0.4) is 0 Å². The second-order valence-corrected chi connectivity index (χ2v) is 5.69. The van der Waals surface area contributed by atoms with E-state index in [4.69, 9.17) is 14.3 Å². The molecule has 4 rings (SSSR count). The lowest BCUT2D eigenvalue weighted by atomic mass is 10.0. The van der Waals surface area contributed by atoms with Crippen LogP contribution in [0.2, 0.25) is 0 Å². The number of aromatic amines is 1. The van der Waals surface area contributed by atoms with Gasteiger partial charge in [-0.3, -0.25) is 9.88 Å². The van der Waals surface area contributed by atoms with Gasteiger partial charge in [0.1, 0.15) is 11.9 Å². The highest BCUT2D eigenvalue weighted by Gasteiger charge is 2.32. The average Bonchev–Trinajstić information content (AvgIpc) is 3.15. The minimum atomic E-state index is -0.622. The van der Waals surface area contributed by atoms with Gasteiger partial charge in [0, 0.05) is 5.56 Å². The summed E-state index contributed by atoms with van der Waals surface area (Å²) in [6.07, 6.45) is -1.24. The third kappa shape index (κ3) is 2.66. The number of aliphatic hydroxyl groups is 1. The first-order chi connectivity index (χ1) is 12.0. The lowest BCUT2D eigenvalue weighted by Crippen LogP contribution is -2.25. The summed E-state index contributed by atoms with van der Waals surface area (Å²) in [7, 11) is 0. The fraction of sp³-hybridized carbons (Fsp3) is 0.176. The number of cyclic esters (lactones) is 1. The topological polar surface area (TPSA) is 95.8 Å². The van der Waals surface area contributed by atoms with Gasteiger partial charge in [0.15, 0.2) is 5.58 Å². The molecule has 1 amide bonds. The molecule has 2 aromatic carbocycles. The van der Waals surface area contributed by atoms with Gasteiger partial charge in [-0.1, -0.05) is 6.07 Å². The summed E-state index contributed by atoms with van der Waals surface area (Å²) < 4.78 is 24.5. The molecule has 0 saturated carbocycles. The molecule has 3 aromatic rings. The molecule has 0 spiro atoms. The van der Waals surface area contributed by atoms with E-state index in [-0.39, 0.29) is 13.2 Å². The zero-order chi connectivity index (χ0) is 17.6. The van der Waals surface area contributed by atoms with Crippen molar-refractivity contribution < 1.29 is 23.4 Å². The summed E-state index contributed by atoms with van der Waals surface area (Å²) in [6.45, 7) is -0.123. The Hall–Kier alpha value is -3.13. The number of hydrogen-bond acceptors (Lipinski definition) is 5. The van der Waals surface area contributed by atoms with Crippen LogP contribution in [0, 0.1) is 5.82 Å². The van der Waals surface area contributed by atoms with Gasteiger partial charge in [0.05, 0.1) is 24.4 Å². The number of carbonyl (C=O) groups is 1. The van der Waals surface area contributed by atoms with Crippen LogP contribution in [0.4, 0.5) is 14.9 Å². The van der Waals surface area contributed by atoms with Crippen molar-refractivity contribution in [3.05, 3.63) is 52.8 Å². The molecule has 1 aliphatic heterocycles. The van der Waals surface area contributed by atoms with Crippen molar-refractivity contribution in [1.29, 1.82) is 0 Å². The lowest BCUT2D eigenvalue weighted by Gasteiger charge is -2.14. The van der Waals surface area contributed by atoms with Crippen LogP contribution in [0.5, 0.6) is 0 Å². The predicted octanol–water partition coefficient (Wildman–Crippen LogP) is 2.24. The highest BCUT2D eigenvalue weighted by atomic mass is 19.1. The minimum absolute atomic E-state index is 0.163. The Morgan fingerprint density at radius 3 is 2.80 bits per heavy atom. The maximum absolute atomic E-state index is 14.6. The van der Waals surface area contributed by atoms with Crippen LogP contribution in [0.25, 0.3) is 22.2 Å². The van der Waals surface area contributed by atoms with E-state index in [9.17, 15) is 14.0 Å². The van der Waals surface area contributed by atoms with E-state index in [1.807, 2.05) is 0 Å². The summed E-state index contributed by atoms with van der Waals surface area (Å²) in [6, 6.07) is 9.22. The zero-order valence-corrected chi connectivity index (χ0v) is 12.9. The number of benzene rings is 2. The van der Waals surface area contributed by atoms with Gasteiger partial charge in [-0.05, 0) is 35.9 Å². The molecule has 0 unspecified atom stereocenters. The molecule has 1 saturated heterocycles. The number of fused-ring (bicyclic) bond motifs is 1. The normalized spacial score (nSPS) is 17.3. The SMILES string of the molecule is O=C1O[C@@H](CO)CN1c1ccc(-c2ccc3oc(=O)[nH]c3c2)c(F)c1. The van der Waals surface area contributed by atoms with Gasteiger partial charge < -0.3 is 14.3 Å². The van der Waals surface area contributed by atoms with Gasteiger partial charge in [-0.15, -0.1) is 0 Å². The van der Waals surface area contributed by atoms with Gasteiger partial charge in [0.25, 0.3) is 0 Å². The molecule has 0 radical (unpaired) electrons. The van der Waals surface area contributed by atoms with Crippen LogP contribution >= 0.6 is 0 Å². The van der Waals surface area contributed by atoms with E-state index in [0.29, 0.717) is 27.9 Å². The molecule has 2 heterocycles. The number of rotatable bonds is 3. The second-order valence-electron chi connectivity index (χ2n) is 5.69. The number of nitrogens with one attached hydrogen (secondary N) is 1. The lowest BCUT2D eigenvalue weighted by molar-refractivity contribution is 0.0963. The number of ether oxygens (including phenoxy) is 1. The van der Waals surface area contributed by atoms with Crippen molar-refractivity contribution in [2.45, 2.75) is 6.10 Å². The number of nitrogens with zero attached hydrogens (tertiary/aromatic N) is 1. The highest BCUT2D eigenvalue weighted by Crippen LogP contribution is 2.30. The molecule has 8 heteroatoms. The van der Waals surface area contributed by atoms with Crippen molar-refractivity contribution >= 4 is 22.9 Å². The first kappa shape index (κ1) is 15.4. The number of oxazole rings is 1. The fourth-order valence-corrected chi connectivity index (χ4v) is 2.85. The van der Waals surface area contributed by atoms with Gasteiger partial charge in [0.2, 0.25) is 0 Å². The average molecular weight is 344 g/mol. The Morgan fingerprint density at radius 2 is 2.08 bits per heavy atom. The number of amides is 1. The number of anilines is 1. The van der Waals surface area contributed by atoms with Gasteiger partial charge >= 0.3 is 11.8 Å². The molecule has 128 valence electrons. The van der Waals surface area contributed by atoms with E-state index >= 15 is 0 Å². The van der Waals surface area contributed by atoms with Crippen molar-refractivity contribution in [2.24, 2.45) is 0 Å². The molecular weight excluding hydrogens is 331 g/mol. The Balaban J connectivity index is 1.69. The standard InChI is InChI=1S/C17H13FN2O5/c18-13-6-10(20-7-11(8-21)24-17(20)23)2-3-12(13)9-1-4-15-14(5-9)19-16(22)25-15/h1-6,11,21H,7-8H2,(H,19,22)/t11-/m1/s1. The molecule has 1 aliphatic rings. The van der Waals surface area contributed by atoms with Crippen LogP contribution in [-0.2, 0) is 4.74 Å². The summed E-state index contributed by atoms with van der Waals surface area (Å²) >= 11 is 0. The second kappa shape index (κ2) is 5.75. The van der Waals surface area contributed by atoms with Crippen LogP contribution in [-0.4, -0.2) is 35.4 Å². The maximum Gasteiger partial charge on any atom is 0.417 e. The Labute approximate surface area is 140 Å². The molecule has 25 heavy (non-hydrogen) atoms. The molecule has 7 nitrogen and oxygen atoms in total. The molecule has 2 N–H and O–H groups in total. The molecular formula is C17H13FN2O5. The van der Waals surface area contributed by atoms with Crippen molar-refractivity contribution in [3.8, 4) is 11.1 Å². The van der Waals surface area contributed by atoms with Gasteiger partial charge in [-0.25, -0.2) is 14.0 Å². The van der Waals surface area contributed by atoms with Gasteiger partial charge in [-0.2, -0.15) is 0 Å². The quantitative estimate of drug-likeness (QED) is 0.760. The molecule has 0 bridgehead atoms. The first-order valence-electron chi connectivity index (χ1n) is 7.57. The van der Waals surface area contributed by atoms with E-state index in [1.165, 1.54) is 11.0 Å². The van der Waals surface area contributed by atoms with Crippen LogP contribution < -0.4 is 10.7 Å². The van der Waals surface area contributed by atoms with Crippen molar-refractivity contribution in [2.75, 3.05) is 18.1 Å². The number of halogens is 1. The first-order valence-corrected chi connectivity index (χ1v) is 7.57. The molecule has 1 aromatic heterocycles. The molecule has 1 atom stereocenters. The molecule has 1 fully saturated rings. The minimum Gasteiger partial charge on any atom is -0.441 e. The van der Waals surface area contributed by atoms with E-state index in [0.717, 1.165) is 0 Å². The third-order valence-electron chi connectivity index (χ3n) is 4.07. The summed E-state index contributed by atoms with van der Waals surface area (Å²) in [5.41, 5.74) is 2.09. The van der Waals surface area contributed by atoms with E-state index in [1.54, 1.807) is 30.3 Å². The van der Waals surface area contributed by atoms with Crippen LogP contribution in [0.1, 0.15) is 0 Å². The zero-order valence-electron chi connectivity index (χ0n) is 12.9. The summed E-state index contributed by atoms with van der Waals surface area (Å²) in [4.78, 5) is 26.8. The maximum atomic E-state index is 14.6. The highest BCUT2D eigenvalue weighted by molar-refractivity contribution is 5.90. The number of H-pyrrole nitrogens is 1. The number of carbonyl (C=O) groups excluding carboxylic acids is 1. The van der Waals surface area contributed by atoms with E-state index < -0.39 is 23.8 Å². The predicted molar refractivity (Wildman–Crippen MR) is 86.9 cm³/mol. The Kier molecular flexibility index (Phi) is 3.54. The molecule has 0 aliphatic carbocycles. The van der Waals surface area contributed by atoms with E-state index in [2.05, 4.69) is 4.98 Å². The monoisotopic (exact) mass is 344 g/mol. The fourth-order valence-electron chi connectivity index (χ4n) is 2.85.